The number of hydrogen-bond donors (Lipinski definition) is 0. The standard InChI is InChI=1S/3K.Na/q4*+1. The molecule has 0 aliphatic carbocycles. The summed E-state index contributed by atoms with van der Waals surface area (Å²) >= 11 is 0. The van der Waals surface area contributed by atoms with Crippen molar-refractivity contribution < 1.29 is 184 Å². The Bertz CT molecular complexity index is 3.25. The molecule has 0 nitrogen and oxygen atoms in total. The SMILES string of the molecule is [K+].[K+].[K+].[Na+]. The van der Waals surface area contributed by atoms with E-state index in [4.69, 9.17) is 0 Å². The molecule has 0 atom stereocenters. The van der Waals surface area contributed by atoms with Gasteiger partial charge in [-0.15, -0.1) is 0 Å². The van der Waals surface area contributed by atoms with Crippen LogP contribution in [-0.2, 0) is 0 Å². The van der Waals surface area contributed by atoms with Gasteiger partial charge in [-0.25, -0.2) is 0 Å². The van der Waals surface area contributed by atoms with Crippen LogP contribution in [0, 0.1) is 0 Å². The fraction of sp³-hybridized carbons (Fsp3) is 0. The van der Waals surface area contributed by atoms with E-state index >= 15 is 0 Å². The van der Waals surface area contributed by atoms with Crippen LogP contribution in [0.1, 0.15) is 0 Å². The molecule has 0 aromatic heterocycles. The quantitative estimate of drug-likeness (QED) is 0.293. The molecule has 4 heavy (non-hydrogen) atoms. The fourth-order valence-corrected chi connectivity index (χ4v) is 0. The van der Waals surface area contributed by atoms with Crippen molar-refractivity contribution in [3.05, 3.63) is 0 Å². The molecule has 0 unspecified atom stereocenters. The Morgan fingerprint density at radius 3 is 0.500 bits per heavy atom. The van der Waals surface area contributed by atoms with Gasteiger partial charge in [0.05, 0.1) is 0 Å². The summed E-state index contributed by atoms with van der Waals surface area (Å²) < 4.78 is 0. The average molecular weight is 140 g/mol. The molecule has 0 valence electrons. The molecule has 0 aliphatic heterocycles. The Hall–Kier alpha value is 5.91. The molecular weight excluding hydrogens is 140 g/mol. The van der Waals surface area contributed by atoms with Gasteiger partial charge in [0.25, 0.3) is 0 Å². The largest absolute Gasteiger partial charge is 1.00 e. The van der Waals surface area contributed by atoms with Crippen molar-refractivity contribution in [3.63, 3.8) is 0 Å². The molecule has 0 spiro atoms. The van der Waals surface area contributed by atoms with E-state index in [-0.39, 0.29) is 184 Å². The van der Waals surface area contributed by atoms with Gasteiger partial charge in [-0.3, -0.25) is 0 Å². The van der Waals surface area contributed by atoms with Crippen molar-refractivity contribution >= 4 is 0 Å². The second-order valence-corrected chi connectivity index (χ2v) is 0. The maximum absolute atomic E-state index is 0. The molecule has 0 radical (unpaired) electrons. The molecule has 0 N–H and O–H groups in total. The van der Waals surface area contributed by atoms with Gasteiger partial charge in [-0.1, -0.05) is 0 Å². The third kappa shape index (κ3) is 10.8. The van der Waals surface area contributed by atoms with Crippen LogP contribution >= 0.6 is 0 Å². The van der Waals surface area contributed by atoms with Gasteiger partial charge in [-0.2, -0.15) is 0 Å². The van der Waals surface area contributed by atoms with Crippen LogP contribution in [0.5, 0.6) is 0 Å². The summed E-state index contributed by atoms with van der Waals surface area (Å²) in [4.78, 5) is 0. The Morgan fingerprint density at radius 2 is 0.500 bits per heavy atom. The second kappa shape index (κ2) is 16.0. The minimum absolute atomic E-state index is 0. The summed E-state index contributed by atoms with van der Waals surface area (Å²) in [5.74, 6) is 0. The molecule has 0 aromatic carbocycles. The van der Waals surface area contributed by atoms with Crippen LogP contribution in [0.2, 0.25) is 0 Å². The molecule has 0 bridgehead atoms. The first-order chi connectivity index (χ1) is 0. The molecule has 0 fully saturated rings. The zero-order chi connectivity index (χ0) is 0. The molecule has 0 saturated carbocycles. The first kappa shape index (κ1) is 22.5. The van der Waals surface area contributed by atoms with E-state index in [0.29, 0.717) is 0 Å². The first-order valence-corrected chi connectivity index (χ1v) is 0. The van der Waals surface area contributed by atoms with Crippen LogP contribution in [0.15, 0.2) is 0 Å². The van der Waals surface area contributed by atoms with Crippen LogP contribution in [0.3, 0.4) is 0 Å². The monoisotopic (exact) mass is 140 g/mol. The minimum Gasteiger partial charge on any atom is 1.00 e. The van der Waals surface area contributed by atoms with E-state index < -0.39 is 0 Å². The van der Waals surface area contributed by atoms with Crippen molar-refractivity contribution in [1.29, 1.82) is 0 Å². The Kier molecular flexibility index (Phi) is 89.9. The van der Waals surface area contributed by atoms with Crippen molar-refractivity contribution in [2.45, 2.75) is 0 Å². The Morgan fingerprint density at radius 1 is 0.500 bits per heavy atom. The van der Waals surface area contributed by atoms with Crippen LogP contribution in [0.4, 0.5) is 0 Å². The zero-order valence-corrected chi connectivity index (χ0v) is 15.4. The molecule has 0 aromatic rings. The summed E-state index contributed by atoms with van der Waals surface area (Å²) in [6.07, 6.45) is 0. The van der Waals surface area contributed by atoms with Gasteiger partial charge >= 0.3 is 184 Å². The van der Waals surface area contributed by atoms with Gasteiger partial charge in [0, 0.05) is 0 Å². The predicted molar refractivity (Wildman–Crippen MR) is 0 cm³/mol. The second-order valence-electron chi connectivity index (χ2n) is 0. The third-order valence-electron chi connectivity index (χ3n) is 0. The molecule has 0 aliphatic rings. The van der Waals surface area contributed by atoms with E-state index in [2.05, 4.69) is 0 Å². The summed E-state index contributed by atoms with van der Waals surface area (Å²) in [6.45, 7) is 0. The van der Waals surface area contributed by atoms with Crippen molar-refractivity contribution in [3.8, 4) is 0 Å². The molecular formula is K3Na+4. The van der Waals surface area contributed by atoms with Gasteiger partial charge < -0.3 is 0 Å². The summed E-state index contributed by atoms with van der Waals surface area (Å²) in [7, 11) is 0. The Labute approximate surface area is 177 Å². The molecule has 0 heterocycles. The van der Waals surface area contributed by atoms with Crippen LogP contribution in [-0.4, -0.2) is 0 Å². The smallest absolute Gasteiger partial charge is 1.00 e. The normalized spacial score (nSPS) is 0. The number of rotatable bonds is 0. The van der Waals surface area contributed by atoms with Gasteiger partial charge in [0.15, 0.2) is 0 Å². The summed E-state index contributed by atoms with van der Waals surface area (Å²) in [6, 6.07) is 0. The zero-order valence-electron chi connectivity index (χ0n) is 4.00. The first-order valence-electron chi connectivity index (χ1n) is 0. The van der Waals surface area contributed by atoms with Crippen LogP contribution < -0.4 is 184 Å². The average Bonchev–Trinajstić information content (AvgIpc) is 0. The van der Waals surface area contributed by atoms with Gasteiger partial charge in [-0.05, 0) is 0 Å². The van der Waals surface area contributed by atoms with Gasteiger partial charge in [0.1, 0.15) is 0 Å². The molecule has 0 rings (SSSR count). The van der Waals surface area contributed by atoms with E-state index in [1.54, 1.807) is 0 Å². The summed E-state index contributed by atoms with van der Waals surface area (Å²) in [5, 5.41) is 0. The van der Waals surface area contributed by atoms with Crippen molar-refractivity contribution in [2.75, 3.05) is 0 Å². The minimum atomic E-state index is 0. The van der Waals surface area contributed by atoms with E-state index in [0.717, 1.165) is 0 Å². The molecule has 0 saturated heterocycles. The van der Waals surface area contributed by atoms with Crippen molar-refractivity contribution in [1.82, 2.24) is 0 Å². The maximum Gasteiger partial charge on any atom is 1.00 e. The van der Waals surface area contributed by atoms with E-state index in [1.165, 1.54) is 0 Å². The topological polar surface area (TPSA) is 0 Å². The van der Waals surface area contributed by atoms with E-state index in [9.17, 15) is 0 Å². The maximum atomic E-state index is 0. The fourth-order valence-electron chi connectivity index (χ4n) is 0. The van der Waals surface area contributed by atoms with Crippen LogP contribution in [0.25, 0.3) is 0 Å². The summed E-state index contributed by atoms with van der Waals surface area (Å²) in [5.41, 5.74) is 0. The van der Waals surface area contributed by atoms with E-state index in [1.807, 2.05) is 0 Å². The van der Waals surface area contributed by atoms with Gasteiger partial charge in [0.2, 0.25) is 0 Å². The predicted octanol–water partition coefficient (Wildman–Crippen LogP) is -12.0. The third-order valence-corrected chi connectivity index (χ3v) is 0. The molecule has 0 amide bonds. The number of hydrogen-bond acceptors (Lipinski definition) is 0. The Balaban J connectivity index is 0. The molecule has 4 heteroatoms. The van der Waals surface area contributed by atoms with Crippen molar-refractivity contribution in [2.24, 2.45) is 0 Å².